The van der Waals surface area contributed by atoms with Gasteiger partial charge in [-0.1, -0.05) is 6.92 Å². The van der Waals surface area contributed by atoms with Crippen LogP contribution in [0.25, 0.3) is 0 Å². The van der Waals surface area contributed by atoms with Crippen LogP contribution in [0.1, 0.15) is 13.3 Å². The zero-order valence-electron chi connectivity index (χ0n) is 4.38. The second-order valence-corrected chi connectivity index (χ2v) is 1.88. The van der Waals surface area contributed by atoms with E-state index in [1.54, 1.807) is 11.6 Å². The molecule has 1 amide bonds. The fourth-order valence-corrected chi connectivity index (χ4v) is 0.543. The monoisotopic (exact) mass is 137 g/mol. The molecule has 5 heteroatoms. The van der Waals surface area contributed by atoms with Crippen molar-refractivity contribution < 1.29 is 13.2 Å². The summed E-state index contributed by atoms with van der Waals surface area (Å²) in [5, 5.41) is 0. The number of hydrogen-bond donors (Lipinski definition) is 2. The molecule has 0 fully saturated rings. The van der Waals surface area contributed by atoms with E-state index in [0.717, 1.165) is 0 Å². The molecule has 48 valence electrons. The number of thiol groups is 1. The van der Waals surface area contributed by atoms with Crippen LogP contribution < -0.4 is 4.72 Å². The highest BCUT2D eigenvalue weighted by Crippen LogP contribution is 1.71. The molecule has 0 aromatic rings. The highest BCUT2D eigenvalue weighted by atomic mass is 32.2. The third-order valence-corrected chi connectivity index (χ3v) is 0.969. The van der Waals surface area contributed by atoms with Crippen molar-refractivity contribution in [2.45, 2.75) is 13.3 Å². The van der Waals surface area contributed by atoms with Gasteiger partial charge in [0, 0.05) is 6.42 Å². The van der Waals surface area contributed by atoms with E-state index < -0.39 is 16.8 Å². The van der Waals surface area contributed by atoms with Gasteiger partial charge in [0.15, 0.2) is 0 Å². The van der Waals surface area contributed by atoms with Gasteiger partial charge in [-0.25, -0.2) is 8.42 Å². The van der Waals surface area contributed by atoms with Crippen LogP contribution in [0.2, 0.25) is 0 Å². The Morgan fingerprint density at radius 2 is 2.12 bits per heavy atom. The van der Waals surface area contributed by atoms with Crippen LogP contribution in [0.15, 0.2) is 0 Å². The Bertz CT molecular complexity index is 143. The maximum absolute atomic E-state index is 10.1. The smallest absolute Gasteiger partial charge is 0.232 e. The van der Waals surface area contributed by atoms with Crippen molar-refractivity contribution in [3.8, 4) is 0 Å². The molecule has 0 aliphatic carbocycles. The Hall–Kier alpha value is -0.580. The van der Waals surface area contributed by atoms with Crippen LogP contribution in [0.5, 0.6) is 0 Å². The molecule has 0 radical (unpaired) electrons. The molecule has 0 spiro atoms. The van der Waals surface area contributed by atoms with Crippen LogP contribution in [0.3, 0.4) is 0 Å². The van der Waals surface area contributed by atoms with Crippen LogP contribution >= 0.6 is 0 Å². The highest BCUT2D eigenvalue weighted by molar-refractivity contribution is 7.70. The third kappa shape index (κ3) is 3.60. The zero-order chi connectivity index (χ0) is 6.57. The second-order valence-electron chi connectivity index (χ2n) is 1.15. The van der Waals surface area contributed by atoms with E-state index in [4.69, 9.17) is 0 Å². The van der Waals surface area contributed by atoms with E-state index in [0.29, 0.717) is 0 Å². The first-order valence-corrected chi connectivity index (χ1v) is 3.28. The minimum absolute atomic E-state index is 0.198. The predicted octanol–water partition coefficient (Wildman–Crippen LogP) is -0.961. The van der Waals surface area contributed by atoms with E-state index in [1.165, 1.54) is 0 Å². The number of amides is 1. The van der Waals surface area contributed by atoms with Crippen molar-refractivity contribution in [2.24, 2.45) is 0 Å². The molecule has 0 saturated heterocycles. The SMILES string of the molecule is CCC(=O)N[SH](=O)=O. The summed E-state index contributed by atoms with van der Waals surface area (Å²) in [6.45, 7) is 1.58. The maximum atomic E-state index is 10.1. The van der Waals surface area contributed by atoms with E-state index >= 15 is 0 Å². The Balaban J connectivity index is 3.56. The Labute approximate surface area is 49.0 Å². The van der Waals surface area contributed by atoms with Crippen LogP contribution in [0.4, 0.5) is 0 Å². The first-order chi connectivity index (χ1) is 3.66. The topological polar surface area (TPSA) is 63.2 Å². The van der Waals surface area contributed by atoms with Gasteiger partial charge in [0.1, 0.15) is 0 Å². The molecule has 0 unspecified atom stereocenters. The first-order valence-electron chi connectivity index (χ1n) is 2.10. The molecular formula is C3H7NO3S. The summed E-state index contributed by atoms with van der Waals surface area (Å²) in [5.41, 5.74) is 0. The van der Waals surface area contributed by atoms with Crippen molar-refractivity contribution in [3.63, 3.8) is 0 Å². The van der Waals surface area contributed by atoms with Gasteiger partial charge in [-0.2, -0.15) is 0 Å². The fraction of sp³-hybridized carbons (Fsp3) is 0.667. The quantitative estimate of drug-likeness (QED) is 0.482. The van der Waals surface area contributed by atoms with E-state index in [9.17, 15) is 13.2 Å². The number of hydrogen-bond acceptors (Lipinski definition) is 3. The van der Waals surface area contributed by atoms with Crippen molar-refractivity contribution in [2.75, 3.05) is 0 Å². The summed E-state index contributed by atoms with van der Waals surface area (Å²) < 4.78 is 21.1. The normalized spacial score (nSPS) is 9.25. The Kier molecular flexibility index (Phi) is 3.18. The lowest BCUT2D eigenvalue weighted by Gasteiger charge is -1.87. The molecule has 0 atom stereocenters. The minimum atomic E-state index is -2.75. The summed E-state index contributed by atoms with van der Waals surface area (Å²) in [4.78, 5) is 10.1. The third-order valence-electron chi connectivity index (χ3n) is 0.537. The molecule has 0 rings (SSSR count). The van der Waals surface area contributed by atoms with Crippen LogP contribution in [0, 0.1) is 0 Å². The standard InChI is InChI=1S/C3H7NO3S/c1-2-3(5)4-8(6)7/h8H,2H2,1H3,(H,4,5,6,7). The largest absolute Gasteiger partial charge is 0.274 e. The van der Waals surface area contributed by atoms with Crippen molar-refractivity contribution in [1.29, 1.82) is 0 Å². The number of carbonyl (C=O) groups is 1. The van der Waals surface area contributed by atoms with Crippen molar-refractivity contribution in [3.05, 3.63) is 0 Å². The molecule has 4 nitrogen and oxygen atoms in total. The summed E-state index contributed by atoms with van der Waals surface area (Å²) in [7, 11) is -2.75. The molecular weight excluding hydrogens is 130 g/mol. The number of nitrogens with one attached hydrogen (secondary N) is 1. The van der Waals surface area contributed by atoms with Crippen molar-refractivity contribution in [1.82, 2.24) is 4.72 Å². The Morgan fingerprint density at radius 1 is 1.62 bits per heavy atom. The molecule has 0 bridgehead atoms. The zero-order valence-corrected chi connectivity index (χ0v) is 5.27. The minimum Gasteiger partial charge on any atom is -0.274 e. The van der Waals surface area contributed by atoms with Gasteiger partial charge in [0.25, 0.3) is 0 Å². The molecule has 1 N–H and O–H groups in total. The fourth-order valence-electron chi connectivity index (χ4n) is 0.181. The average Bonchev–Trinajstić information content (AvgIpc) is 1.65. The summed E-state index contributed by atoms with van der Waals surface area (Å²) in [6.07, 6.45) is 0.198. The van der Waals surface area contributed by atoms with Crippen molar-refractivity contribution >= 4 is 16.8 Å². The van der Waals surface area contributed by atoms with Gasteiger partial charge in [-0.05, 0) is 0 Å². The van der Waals surface area contributed by atoms with Gasteiger partial charge in [0.2, 0.25) is 16.8 Å². The molecule has 0 aromatic heterocycles. The van der Waals surface area contributed by atoms with Gasteiger partial charge < -0.3 is 0 Å². The Morgan fingerprint density at radius 3 is 2.25 bits per heavy atom. The summed E-state index contributed by atoms with van der Waals surface area (Å²) in [5.74, 6) is -0.471. The molecule has 8 heavy (non-hydrogen) atoms. The first kappa shape index (κ1) is 7.42. The predicted molar refractivity (Wildman–Crippen MR) is 28.7 cm³/mol. The van der Waals surface area contributed by atoms with Gasteiger partial charge in [-0.3, -0.25) is 9.52 Å². The highest BCUT2D eigenvalue weighted by Gasteiger charge is 1.92. The average molecular weight is 137 g/mol. The molecule has 0 saturated carbocycles. The lowest BCUT2D eigenvalue weighted by molar-refractivity contribution is -0.118. The molecule has 0 aliphatic heterocycles. The lowest BCUT2D eigenvalue weighted by Crippen LogP contribution is -2.19. The van der Waals surface area contributed by atoms with Gasteiger partial charge in [0.05, 0.1) is 0 Å². The van der Waals surface area contributed by atoms with E-state index in [2.05, 4.69) is 0 Å². The van der Waals surface area contributed by atoms with E-state index in [-0.39, 0.29) is 6.42 Å². The molecule has 0 heterocycles. The van der Waals surface area contributed by atoms with Gasteiger partial charge >= 0.3 is 0 Å². The van der Waals surface area contributed by atoms with Crippen LogP contribution in [-0.4, -0.2) is 14.3 Å². The van der Waals surface area contributed by atoms with Gasteiger partial charge in [-0.15, -0.1) is 0 Å². The molecule has 0 aliphatic rings. The van der Waals surface area contributed by atoms with Crippen LogP contribution in [-0.2, 0) is 15.7 Å². The second kappa shape index (κ2) is 3.43. The van der Waals surface area contributed by atoms with E-state index in [1.807, 2.05) is 0 Å². The number of carbonyl (C=O) groups excluding carboxylic acids is 1. The summed E-state index contributed by atoms with van der Waals surface area (Å²) in [6, 6.07) is 0. The lowest BCUT2D eigenvalue weighted by atomic mass is 10.5. The summed E-state index contributed by atoms with van der Waals surface area (Å²) >= 11 is 0. The number of rotatable bonds is 2. The molecule has 0 aromatic carbocycles. The maximum Gasteiger partial charge on any atom is 0.232 e.